The molecular formula is C19H20Br4O2. The van der Waals surface area contributed by atoms with Gasteiger partial charge < -0.3 is 9.84 Å². The number of benzene rings is 2. The molecule has 0 aliphatic heterocycles. The van der Waals surface area contributed by atoms with Crippen molar-refractivity contribution in [2.24, 2.45) is 5.92 Å². The van der Waals surface area contributed by atoms with Crippen LogP contribution in [0.2, 0.25) is 0 Å². The summed E-state index contributed by atoms with van der Waals surface area (Å²) in [5.74, 6) is 1.49. The van der Waals surface area contributed by atoms with E-state index in [4.69, 9.17) is 4.74 Å². The largest absolute Gasteiger partial charge is 0.506 e. The molecule has 0 heterocycles. The minimum Gasteiger partial charge on any atom is -0.506 e. The number of hydrogen-bond acceptors (Lipinski definition) is 2. The third-order valence-electron chi connectivity index (χ3n) is 4.02. The lowest BCUT2D eigenvalue weighted by molar-refractivity contribution is 0.268. The number of hydrogen-bond donors (Lipinski definition) is 1. The number of ether oxygens (including phenoxy) is 1. The molecule has 0 aliphatic carbocycles. The molecule has 0 amide bonds. The van der Waals surface area contributed by atoms with Crippen LogP contribution < -0.4 is 4.74 Å². The molecule has 2 aromatic carbocycles. The molecule has 0 spiro atoms. The molecule has 25 heavy (non-hydrogen) atoms. The van der Waals surface area contributed by atoms with E-state index in [0.717, 1.165) is 25.8 Å². The van der Waals surface area contributed by atoms with Gasteiger partial charge in [-0.25, -0.2) is 0 Å². The molecule has 0 saturated heterocycles. The maximum atomic E-state index is 9.97. The highest BCUT2D eigenvalue weighted by molar-refractivity contribution is 9.11. The molecule has 0 aliphatic rings. The van der Waals surface area contributed by atoms with Crippen molar-refractivity contribution in [2.45, 2.75) is 33.1 Å². The van der Waals surface area contributed by atoms with Gasteiger partial charge in [0, 0.05) is 5.41 Å². The first kappa shape index (κ1) is 21.3. The molecular weight excluding hydrogens is 580 g/mol. The summed E-state index contributed by atoms with van der Waals surface area (Å²) < 4.78 is 9.09. The van der Waals surface area contributed by atoms with Gasteiger partial charge in [0.05, 0.1) is 24.5 Å². The van der Waals surface area contributed by atoms with Crippen LogP contribution in [-0.2, 0) is 5.41 Å². The van der Waals surface area contributed by atoms with Crippen molar-refractivity contribution in [1.82, 2.24) is 0 Å². The number of rotatable bonds is 5. The highest BCUT2D eigenvalue weighted by Crippen LogP contribution is 2.43. The lowest BCUT2D eigenvalue weighted by Crippen LogP contribution is -2.19. The molecule has 2 rings (SSSR count). The zero-order chi connectivity index (χ0) is 18.9. The monoisotopic (exact) mass is 596 g/mol. The summed E-state index contributed by atoms with van der Waals surface area (Å²) in [4.78, 5) is 0. The first-order valence-electron chi connectivity index (χ1n) is 7.84. The van der Waals surface area contributed by atoms with Crippen molar-refractivity contribution in [1.29, 1.82) is 0 Å². The van der Waals surface area contributed by atoms with Crippen molar-refractivity contribution in [2.75, 3.05) is 6.61 Å². The standard InChI is InChI=1S/C19H20Br4O2/c1-10(2)9-25-18-15(22)7-12(8-16(18)23)19(3,4)11-5-13(20)17(24)14(21)6-11/h5-8,10,24H,9H2,1-4H3. The van der Waals surface area contributed by atoms with E-state index in [1.54, 1.807) is 0 Å². The van der Waals surface area contributed by atoms with E-state index in [-0.39, 0.29) is 11.2 Å². The molecule has 0 fully saturated rings. The van der Waals surface area contributed by atoms with Crippen LogP contribution in [-0.4, -0.2) is 11.7 Å². The van der Waals surface area contributed by atoms with Crippen molar-refractivity contribution in [3.05, 3.63) is 53.3 Å². The maximum absolute atomic E-state index is 9.97. The second kappa shape index (κ2) is 8.32. The molecule has 2 nitrogen and oxygen atoms in total. The van der Waals surface area contributed by atoms with E-state index in [9.17, 15) is 5.11 Å². The van der Waals surface area contributed by atoms with Crippen LogP contribution in [0.3, 0.4) is 0 Å². The molecule has 0 unspecified atom stereocenters. The SMILES string of the molecule is CC(C)COc1c(Br)cc(C(C)(C)c2cc(Br)c(O)c(Br)c2)cc1Br. The number of phenols is 1. The normalized spacial score (nSPS) is 11.9. The van der Waals surface area contributed by atoms with Gasteiger partial charge in [-0.3, -0.25) is 0 Å². The van der Waals surface area contributed by atoms with Gasteiger partial charge in [0.2, 0.25) is 0 Å². The van der Waals surface area contributed by atoms with Crippen LogP contribution in [0.15, 0.2) is 42.2 Å². The Morgan fingerprint density at radius 2 is 1.28 bits per heavy atom. The molecule has 6 heteroatoms. The van der Waals surface area contributed by atoms with Crippen LogP contribution in [0.25, 0.3) is 0 Å². The third-order valence-corrected chi connectivity index (χ3v) is 6.41. The third kappa shape index (κ3) is 4.82. The summed E-state index contributed by atoms with van der Waals surface area (Å²) in [7, 11) is 0. The second-order valence-electron chi connectivity index (χ2n) is 6.89. The van der Waals surface area contributed by atoms with Gasteiger partial charge in [0.25, 0.3) is 0 Å². The van der Waals surface area contributed by atoms with Crippen LogP contribution in [0.4, 0.5) is 0 Å². The summed E-state index contributed by atoms with van der Waals surface area (Å²) in [6.45, 7) is 9.22. The first-order valence-corrected chi connectivity index (χ1v) is 11.0. The van der Waals surface area contributed by atoms with Crippen molar-refractivity contribution in [3.63, 3.8) is 0 Å². The highest BCUT2D eigenvalue weighted by Gasteiger charge is 2.27. The Hall–Kier alpha value is -0.0400. The lowest BCUT2D eigenvalue weighted by Gasteiger charge is -2.28. The highest BCUT2D eigenvalue weighted by atomic mass is 79.9. The van der Waals surface area contributed by atoms with E-state index < -0.39 is 0 Å². The van der Waals surface area contributed by atoms with E-state index in [2.05, 4.69) is 104 Å². The Bertz CT molecular complexity index is 739. The Kier molecular flexibility index (Phi) is 7.08. The predicted octanol–water partition coefficient (Wildman–Crippen LogP) is 7.80. The van der Waals surface area contributed by atoms with Gasteiger partial charge in [-0.1, -0.05) is 27.7 Å². The van der Waals surface area contributed by atoms with Gasteiger partial charge in [-0.05, 0) is 105 Å². The fourth-order valence-electron chi connectivity index (χ4n) is 2.40. The molecule has 1 N–H and O–H groups in total. The van der Waals surface area contributed by atoms with Gasteiger partial charge in [0.1, 0.15) is 11.5 Å². The average Bonchev–Trinajstić information content (AvgIpc) is 2.50. The minimum atomic E-state index is -0.264. The first-order chi connectivity index (χ1) is 11.5. The summed E-state index contributed by atoms with van der Waals surface area (Å²) in [5, 5.41) is 9.97. The van der Waals surface area contributed by atoms with Crippen LogP contribution in [0.1, 0.15) is 38.8 Å². The lowest BCUT2D eigenvalue weighted by atomic mass is 9.78. The molecule has 0 radical (unpaired) electrons. The van der Waals surface area contributed by atoms with Crippen LogP contribution in [0.5, 0.6) is 11.5 Å². The predicted molar refractivity (Wildman–Crippen MR) is 118 cm³/mol. The minimum absolute atomic E-state index is 0.208. The van der Waals surface area contributed by atoms with Crippen molar-refractivity contribution >= 4 is 63.7 Å². The summed E-state index contributed by atoms with van der Waals surface area (Å²) in [6.07, 6.45) is 0. The quantitative estimate of drug-likeness (QED) is 0.380. The second-order valence-corrected chi connectivity index (χ2v) is 10.3. The van der Waals surface area contributed by atoms with Crippen molar-refractivity contribution < 1.29 is 9.84 Å². The van der Waals surface area contributed by atoms with Crippen molar-refractivity contribution in [3.8, 4) is 11.5 Å². The van der Waals surface area contributed by atoms with E-state index in [1.165, 1.54) is 0 Å². The van der Waals surface area contributed by atoms with Gasteiger partial charge in [0.15, 0.2) is 0 Å². The zero-order valence-electron chi connectivity index (χ0n) is 14.5. The van der Waals surface area contributed by atoms with Gasteiger partial charge >= 0.3 is 0 Å². The fourth-order valence-corrected chi connectivity index (χ4v) is 5.00. The van der Waals surface area contributed by atoms with Crippen LogP contribution >= 0.6 is 63.7 Å². The Morgan fingerprint density at radius 3 is 1.68 bits per heavy atom. The molecule has 0 bridgehead atoms. The average molecular weight is 600 g/mol. The summed E-state index contributed by atoms with van der Waals surface area (Å²) in [5.41, 5.74) is 1.95. The fraction of sp³-hybridized carbons (Fsp3) is 0.368. The number of halogens is 4. The summed E-state index contributed by atoms with van der Waals surface area (Å²) >= 11 is 14.1. The Morgan fingerprint density at radius 1 is 0.880 bits per heavy atom. The van der Waals surface area contributed by atoms with Crippen LogP contribution in [0, 0.1) is 5.92 Å². The Balaban J connectivity index is 2.46. The maximum Gasteiger partial charge on any atom is 0.147 e. The van der Waals surface area contributed by atoms with Gasteiger partial charge in [-0.2, -0.15) is 0 Å². The summed E-state index contributed by atoms with van der Waals surface area (Å²) in [6, 6.07) is 8.08. The molecule has 136 valence electrons. The van der Waals surface area contributed by atoms with Gasteiger partial charge in [-0.15, -0.1) is 0 Å². The molecule has 0 aromatic heterocycles. The van der Waals surface area contributed by atoms with E-state index >= 15 is 0 Å². The number of aromatic hydroxyl groups is 1. The van der Waals surface area contributed by atoms with E-state index in [1.807, 2.05) is 12.1 Å². The molecule has 2 aromatic rings. The smallest absolute Gasteiger partial charge is 0.147 e. The molecule has 0 saturated carbocycles. The topological polar surface area (TPSA) is 29.5 Å². The van der Waals surface area contributed by atoms with E-state index in [0.29, 0.717) is 21.5 Å². The molecule has 0 atom stereocenters. The Labute approximate surface area is 182 Å². The zero-order valence-corrected chi connectivity index (χ0v) is 20.8. The number of phenolic OH excluding ortho intramolecular Hbond substituents is 1.